The third kappa shape index (κ3) is 3.24. The van der Waals surface area contributed by atoms with Crippen LogP contribution in [0.1, 0.15) is 15.9 Å². The Bertz CT molecular complexity index is 857. The molecule has 1 aliphatic heterocycles. The lowest BCUT2D eigenvalue weighted by molar-refractivity contribution is -0.391. The zero-order chi connectivity index (χ0) is 18.4. The van der Waals surface area contributed by atoms with Gasteiger partial charge < -0.3 is 14.8 Å². The smallest absolute Gasteiger partial charge is 0.421 e. The van der Waals surface area contributed by atoms with Crippen molar-refractivity contribution in [3.63, 3.8) is 0 Å². The third-order valence-electron chi connectivity index (χ3n) is 3.47. The van der Waals surface area contributed by atoms with Crippen LogP contribution in [0.4, 0.5) is 23.2 Å². The quantitative estimate of drug-likeness (QED) is 0.510. The van der Waals surface area contributed by atoms with E-state index < -0.39 is 29.6 Å². The molecule has 25 heavy (non-hydrogen) atoms. The van der Waals surface area contributed by atoms with Crippen molar-refractivity contribution < 1.29 is 31.8 Å². The number of alkyl halides is 4. The van der Waals surface area contributed by atoms with Crippen LogP contribution in [0.5, 0.6) is 11.5 Å². The van der Waals surface area contributed by atoms with E-state index >= 15 is 0 Å². The Hall–Kier alpha value is -2.04. The Labute approximate surface area is 153 Å². The molecule has 3 rings (SSSR count). The van der Waals surface area contributed by atoms with Gasteiger partial charge in [-0.3, -0.25) is 4.79 Å². The van der Waals surface area contributed by atoms with E-state index in [0.717, 1.165) is 15.2 Å². The summed E-state index contributed by atoms with van der Waals surface area (Å²) in [6.07, 6.45) is -9.67. The van der Waals surface area contributed by atoms with Crippen molar-refractivity contribution in [3.8, 4) is 11.5 Å². The molecule has 0 fully saturated rings. The lowest BCUT2D eigenvalue weighted by Crippen LogP contribution is -2.52. The van der Waals surface area contributed by atoms with Crippen molar-refractivity contribution in [1.82, 2.24) is 0 Å². The van der Waals surface area contributed by atoms with Crippen LogP contribution in [0.25, 0.3) is 0 Å². The van der Waals surface area contributed by atoms with E-state index in [2.05, 4.69) is 14.8 Å². The minimum Gasteiger partial charge on any atom is -0.421 e. The van der Waals surface area contributed by atoms with Gasteiger partial charge in [0.25, 0.3) is 5.91 Å². The summed E-state index contributed by atoms with van der Waals surface area (Å²) in [6.45, 7) is 1.87. The third-order valence-corrected chi connectivity index (χ3v) is 4.63. The molecule has 0 bridgehead atoms. The Morgan fingerprint density at radius 3 is 2.44 bits per heavy atom. The number of hydrogen-bond acceptors (Lipinski definition) is 3. The van der Waals surface area contributed by atoms with E-state index in [4.69, 9.17) is 0 Å². The summed E-state index contributed by atoms with van der Waals surface area (Å²) in [6, 6.07) is 8.46. The first-order valence-corrected chi connectivity index (χ1v) is 8.03. The number of carbonyl (C=O) groups excluding carboxylic acids is 1. The molecule has 0 saturated heterocycles. The van der Waals surface area contributed by atoms with Crippen molar-refractivity contribution in [1.29, 1.82) is 0 Å². The second-order valence-electron chi connectivity index (χ2n) is 5.29. The average Bonchev–Trinajstić information content (AvgIpc) is 2.51. The molecule has 0 radical (unpaired) electrons. The molecule has 0 unspecified atom stereocenters. The molecule has 9 heteroatoms. The van der Waals surface area contributed by atoms with Gasteiger partial charge in [-0.05, 0) is 59.3 Å². The Morgan fingerprint density at radius 2 is 1.76 bits per heavy atom. The summed E-state index contributed by atoms with van der Waals surface area (Å²) >= 11 is 2.05. The number of halogens is 5. The van der Waals surface area contributed by atoms with E-state index in [1.165, 1.54) is 12.1 Å². The molecule has 0 spiro atoms. The zero-order valence-electron chi connectivity index (χ0n) is 12.6. The number of fused-ring (bicyclic) bond motifs is 1. The van der Waals surface area contributed by atoms with Crippen LogP contribution in [0.2, 0.25) is 0 Å². The van der Waals surface area contributed by atoms with Gasteiger partial charge in [0.1, 0.15) is 0 Å². The number of aryl methyl sites for hydroxylation is 1. The first-order valence-electron chi connectivity index (χ1n) is 6.95. The van der Waals surface area contributed by atoms with Crippen LogP contribution in [0.3, 0.4) is 0 Å². The molecule has 0 saturated carbocycles. The van der Waals surface area contributed by atoms with Gasteiger partial charge in [0.15, 0.2) is 11.5 Å². The maximum atomic E-state index is 13.4. The summed E-state index contributed by atoms with van der Waals surface area (Å²) in [5, 5.41) is 2.37. The van der Waals surface area contributed by atoms with Crippen molar-refractivity contribution >= 4 is 34.2 Å². The molecular weight excluding hydrogens is 457 g/mol. The van der Waals surface area contributed by atoms with Crippen LogP contribution in [-0.4, -0.2) is 18.1 Å². The van der Waals surface area contributed by atoms with Crippen molar-refractivity contribution in [2.45, 2.75) is 19.1 Å². The zero-order valence-corrected chi connectivity index (χ0v) is 14.7. The number of anilines is 1. The normalized spacial score (nSPS) is 17.0. The molecule has 1 N–H and O–H groups in total. The Balaban J connectivity index is 1.92. The van der Waals surface area contributed by atoms with Crippen molar-refractivity contribution in [2.75, 3.05) is 5.32 Å². The van der Waals surface area contributed by atoms with Gasteiger partial charge in [0.2, 0.25) is 0 Å². The number of carbonyl (C=O) groups is 1. The fourth-order valence-electron chi connectivity index (χ4n) is 2.11. The molecule has 1 amide bonds. The van der Waals surface area contributed by atoms with E-state index in [-0.39, 0.29) is 11.3 Å². The highest BCUT2D eigenvalue weighted by Crippen LogP contribution is 2.49. The maximum Gasteiger partial charge on any atom is 0.507 e. The summed E-state index contributed by atoms with van der Waals surface area (Å²) in [7, 11) is 0. The molecule has 0 atom stereocenters. The second-order valence-corrected chi connectivity index (χ2v) is 6.45. The number of ether oxygens (including phenoxy) is 2. The monoisotopic (exact) mass is 467 g/mol. The van der Waals surface area contributed by atoms with Gasteiger partial charge in [-0.2, -0.15) is 17.6 Å². The predicted octanol–water partition coefficient (Wildman–Crippen LogP) is 4.81. The average molecular weight is 467 g/mol. The SMILES string of the molecule is Cc1ccc(C(=O)Nc2cccc3c2OC(F)(F)C(F)(F)O3)cc1I. The van der Waals surface area contributed by atoms with E-state index in [1.54, 1.807) is 18.2 Å². The first-order chi connectivity index (χ1) is 11.6. The summed E-state index contributed by atoms with van der Waals surface area (Å²) in [4.78, 5) is 12.3. The summed E-state index contributed by atoms with van der Waals surface area (Å²) in [5.41, 5.74) is 1.04. The van der Waals surface area contributed by atoms with Gasteiger partial charge in [0.05, 0.1) is 5.69 Å². The minimum atomic E-state index is -4.86. The van der Waals surface area contributed by atoms with Crippen LogP contribution < -0.4 is 14.8 Å². The van der Waals surface area contributed by atoms with E-state index in [9.17, 15) is 22.4 Å². The van der Waals surface area contributed by atoms with Crippen molar-refractivity contribution in [2.24, 2.45) is 0 Å². The molecular formula is C16H10F4INO3. The standard InChI is InChI=1S/C16H10F4INO3/c1-8-5-6-9(7-10(8)21)14(23)22-11-3-2-4-12-13(11)25-16(19,20)15(17,18)24-12/h2-7H,1H3,(H,22,23). The van der Waals surface area contributed by atoms with Crippen LogP contribution in [0.15, 0.2) is 36.4 Å². The molecule has 0 aliphatic carbocycles. The molecule has 2 aromatic rings. The Kier molecular flexibility index (Phi) is 4.30. The lowest BCUT2D eigenvalue weighted by Gasteiger charge is -2.32. The highest BCUT2D eigenvalue weighted by molar-refractivity contribution is 14.1. The van der Waals surface area contributed by atoms with Gasteiger partial charge in [0, 0.05) is 9.13 Å². The minimum absolute atomic E-state index is 0.201. The van der Waals surface area contributed by atoms with Crippen LogP contribution >= 0.6 is 22.6 Å². The van der Waals surface area contributed by atoms with Gasteiger partial charge >= 0.3 is 12.2 Å². The van der Waals surface area contributed by atoms with E-state index in [1.807, 2.05) is 29.5 Å². The highest BCUT2D eigenvalue weighted by atomic mass is 127. The maximum absolute atomic E-state index is 13.4. The molecule has 2 aromatic carbocycles. The fraction of sp³-hybridized carbons (Fsp3) is 0.188. The van der Waals surface area contributed by atoms with Crippen LogP contribution in [-0.2, 0) is 0 Å². The molecule has 132 valence electrons. The summed E-state index contributed by atoms with van der Waals surface area (Å²) in [5.74, 6) is -1.85. The topological polar surface area (TPSA) is 47.6 Å². The van der Waals surface area contributed by atoms with Crippen molar-refractivity contribution in [3.05, 3.63) is 51.1 Å². The number of nitrogens with one attached hydrogen (secondary N) is 1. The van der Waals surface area contributed by atoms with Gasteiger partial charge in [-0.25, -0.2) is 0 Å². The molecule has 4 nitrogen and oxygen atoms in total. The lowest BCUT2D eigenvalue weighted by atomic mass is 10.1. The molecule has 1 heterocycles. The number of hydrogen-bond donors (Lipinski definition) is 1. The fourth-order valence-corrected chi connectivity index (χ4v) is 2.63. The number of para-hydroxylation sites is 1. The molecule has 0 aromatic heterocycles. The summed E-state index contributed by atoms with van der Waals surface area (Å²) < 4.78 is 62.2. The largest absolute Gasteiger partial charge is 0.507 e. The number of amides is 1. The number of rotatable bonds is 2. The Morgan fingerprint density at radius 1 is 1.08 bits per heavy atom. The highest BCUT2D eigenvalue weighted by Gasteiger charge is 2.66. The predicted molar refractivity (Wildman–Crippen MR) is 89.4 cm³/mol. The van der Waals surface area contributed by atoms with Gasteiger partial charge in [-0.1, -0.05) is 12.1 Å². The first kappa shape index (κ1) is 17.8. The van der Waals surface area contributed by atoms with Gasteiger partial charge in [-0.15, -0.1) is 0 Å². The second kappa shape index (κ2) is 6.04. The number of benzene rings is 2. The van der Waals surface area contributed by atoms with E-state index in [0.29, 0.717) is 0 Å². The van der Waals surface area contributed by atoms with Crippen LogP contribution in [0, 0.1) is 10.5 Å². The molecule has 1 aliphatic rings.